The van der Waals surface area contributed by atoms with Crippen LogP contribution in [0.15, 0.2) is 18.2 Å². The van der Waals surface area contributed by atoms with Gasteiger partial charge in [-0.2, -0.15) is 5.26 Å². The van der Waals surface area contributed by atoms with Crippen LogP contribution in [0.2, 0.25) is 0 Å². The smallest absolute Gasteiger partial charge is 0.335 e. The fourth-order valence-corrected chi connectivity index (χ4v) is 1.71. The molecule has 20 heavy (non-hydrogen) atoms. The van der Waals surface area contributed by atoms with Crippen molar-refractivity contribution in [1.29, 1.82) is 5.26 Å². The number of anilines is 1. The van der Waals surface area contributed by atoms with Gasteiger partial charge >= 0.3 is 5.97 Å². The summed E-state index contributed by atoms with van der Waals surface area (Å²) in [7, 11) is 3.32. The predicted octanol–water partition coefficient (Wildman–Crippen LogP) is 1.17. The molecule has 0 aliphatic carbocycles. The molecule has 106 valence electrons. The van der Waals surface area contributed by atoms with Crippen molar-refractivity contribution < 1.29 is 14.7 Å². The average molecular weight is 275 g/mol. The van der Waals surface area contributed by atoms with E-state index in [1.165, 1.54) is 17.0 Å². The molecule has 0 heterocycles. The lowest BCUT2D eigenvalue weighted by molar-refractivity contribution is -0.127. The molecule has 0 saturated carbocycles. The van der Waals surface area contributed by atoms with Gasteiger partial charge in [0.2, 0.25) is 5.91 Å². The molecule has 0 bridgehead atoms. The SMILES string of the molecule is CCN(CC(=O)N(C)C)c1ccc(C(=O)O)cc1C#N. The van der Waals surface area contributed by atoms with Crippen molar-refractivity contribution in [3.8, 4) is 6.07 Å². The average Bonchev–Trinajstić information content (AvgIpc) is 2.43. The van der Waals surface area contributed by atoms with Crippen LogP contribution in [0.25, 0.3) is 0 Å². The van der Waals surface area contributed by atoms with Crippen molar-refractivity contribution in [3.63, 3.8) is 0 Å². The van der Waals surface area contributed by atoms with Gasteiger partial charge in [-0.25, -0.2) is 4.79 Å². The highest BCUT2D eigenvalue weighted by Gasteiger charge is 2.16. The van der Waals surface area contributed by atoms with Gasteiger partial charge in [0.05, 0.1) is 23.4 Å². The van der Waals surface area contributed by atoms with E-state index in [2.05, 4.69) is 0 Å². The van der Waals surface area contributed by atoms with Crippen molar-refractivity contribution in [2.45, 2.75) is 6.92 Å². The van der Waals surface area contributed by atoms with Crippen molar-refractivity contribution >= 4 is 17.6 Å². The van der Waals surface area contributed by atoms with Gasteiger partial charge in [-0.05, 0) is 25.1 Å². The highest BCUT2D eigenvalue weighted by atomic mass is 16.4. The standard InChI is InChI=1S/C14H17N3O3/c1-4-17(9-13(18)16(2)3)12-6-5-10(14(19)20)7-11(12)8-15/h5-7H,4,9H2,1-3H3,(H,19,20). The van der Waals surface area contributed by atoms with Crippen LogP contribution in [0.3, 0.4) is 0 Å². The van der Waals surface area contributed by atoms with E-state index in [4.69, 9.17) is 10.4 Å². The minimum atomic E-state index is -1.08. The number of rotatable bonds is 5. The maximum atomic E-state index is 11.8. The Labute approximate surface area is 117 Å². The van der Waals surface area contributed by atoms with Crippen molar-refractivity contribution in [2.24, 2.45) is 0 Å². The number of hydrogen-bond donors (Lipinski definition) is 1. The first-order valence-corrected chi connectivity index (χ1v) is 6.13. The molecule has 1 aromatic rings. The summed E-state index contributed by atoms with van der Waals surface area (Å²) >= 11 is 0. The molecule has 0 atom stereocenters. The number of carboxylic acids is 1. The molecule has 1 N–H and O–H groups in total. The number of hydrogen-bond acceptors (Lipinski definition) is 4. The third kappa shape index (κ3) is 3.48. The zero-order chi connectivity index (χ0) is 15.3. The third-order valence-corrected chi connectivity index (χ3v) is 2.91. The first-order chi connectivity index (χ1) is 9.40. The van der Waals surface area contributed by atoms with Gasteiger partial charge in [0, 0.05) is 20.6 Å². The molecular formula is C14H17N3O3. The monoisotopic (exact) mass is 275 g/mol. The van der Waals surface area contributed by atoms with E-state index in [1.54, 1.807) is 25.1 Å². The summed E-state index contributed by atoms with van der Waals surface area (Å²) in [4.78, 5) is 25.9. The Balaban J connectivity index is 3.13. The number of carbonyl (C=O) groups is 2. The Bertz CT molecular complexity index is 561. The van der Waals surface area contributed by atoms with E-state index in [-0.39, 0.29) is 23.6 Å². The second-order valence-corrected chi connectivity index (χ2v) is 4.45. The number of nitrogens with zero attached hydrogens (tertiary/aromatic N) is 3. The maximum Gasteiger partial charge on any atom is 0.335 e. The molecule has 0 saturated heterocycles. The summed E-state index contributed by atoms with van der Waals surface area (Å²) in [6.07, 6.45) is 0. The van der Waals surface area contributed by atoms with Crippen molar-refractivity contribution in [2.75, 3.05) is 32.1 Å². The van der Waals surface area contributed by atoms with Crippen LogP contribution in [0.1, 0.15) is 22.8 Å². The van der Waals surface area contributed by atoms with Crippen LogP contribution in [-0.2, 0) is 4.79 Å². The van der Waals surface area contributed by atoms with Gasteiger partial charge in [0.1, 0.15) is 6.07 Å². The second-order valence-electron chi connectivity index (χ2n) is 4.45. The normalized spacial score (nSPS) is 9.70. The van der Waals surface area contributed by atoms with Crippen LogP contribution >= 0.6 is 0 Å². The summed E-state index contributed by atoms with van der Waals surface area (Å²) < 4.78 is 0. The summed E-state index contributed by atoms with van der Waals surface area (Å²) in [6.45, 7) is 2.56. The first-order valence-electron chi connectivity index (χ1n) is 6.13. The van der Waals surface area contributed by atoms with Gasteiger partial charge < -0.3 is 14.9 Å². The number of aromatic carboxylic acids is 1. The number of nitriles is 1. The molecule has 0 aliphatic rings. The number of benzene rings is 1. The highest BCUT2D eigenvalue weighted by molar-refractivity contribution is 5.89. The zero-order valence-electron chi connectivity index (χ0n) is 11.8. The van der Waals surface area contributed by atoms with Gasteiger partial charge in [-0.3, -0.25) is 4.79 Å². The minimum Gasteiger partial charge on any atom is -0.478 e. The lowest BCUT2D eigenvalue weighted by Crippen LogP contribution is -2.37. The Hall–Kier alpha value is -2.55. The van der Waals surface area contributed by atoms with E-state index in [1.807, 2.05) is 13.0 Å². The third-order valence-electron chi connectivity index (χ3n) is 2.91. The van der Waals surface area contributed by atoms with Crippen LogP contribution in [0.4, 0.5) is 5.69 Å². The zero-order valence-corrected chi connectivity index (χ0v) is 11.8. The Morgan fingerprint density at radius 2 is 2.00 bits per heavy atom. The van der Waals surface area contributed by atoms with Crippen LogP contribution in [0.5, 0.6) is 0 Å². The van der Waals surface area contributed by atoms with Gasteiger partial charge in [-0.1, -0.05) is 0 Å². The van der Waals surface area contributed by atoms with E-state index < -0.39 is 5.97 Å². The molecule has 0 spiro atoms. The first kappa shape index (κ1) is 15.5. The van der Waals surface area contributed by atoms with E-state index in [9.17, 15) is 9.59 Å². The molecule has 1 aromatic carbocycles. The van der Waals surface area contributed by atoms with Crippen LogP contribution in [-0.4, -0.2) is 49.1 Å². The highest BCUT2D eigenvalue weighted by Crippen LogP contribution is 2.21. The summed E-state index contributed by atoms with van der Waals surface area (Å²) in [5.41, 5.74) is 0.869. The number of carbonyl (C=O) groups excluding carboxylic acids is 1. The number of carboxylic acid groups (broad SMARTS) is 1. The summed E-state index contributed by atoms with van der Waals surface area (Å²) in [5, 5.41) is 18.1. The topological polar surface area (TPSA) is 84.6 Å². The minimum absolute atomic E-state index is 0.0558. The van der Waals surface area contributed by atoms with E-state index in [0.717, 1.165) is 0 Å². The Morgan fingerprint density at radius 1 is 1.35 bits per heavy atom. The van der Waals surface area contributed by atoms with Gasteiger partial charge in [0.25, 0.3) is 0 Å². The summed E-state index contributed by atoms with van der Waals surface area (Å²) in [5.74, 6) is -1.17. The van der Waals surface area contributed by atoms with Crippen LogP contribution < -0.4 is 4.90 Å². The van der Waals surface area contributed by atoms with E-state index in [0.29, 0.717) is 12.2 Å². The molecule has 1 rings (SSSR count). The quantitative estimate of drug-likeness (QED) is 0.872. The maximum absolute atomic E-state index is 11.8. The predicted molar refractivity (Wildman–Crippen MR) is 74.7 cm³/mol. The molecule has 0 unspecified atom stereocenters. The Kier molecular flexibility index (Phi) is 5.09. The number of likely N-dealkylation sites (N-methyl/N-ethyl adjacent to an activating group) is 2. The summed E-state index contributed by atoms with van der Waals surface area (Å²) in [6, 6.07) is 6.29. The molecule has 0 aliphatic heterocycles. The van der Waals surface area contributed by atoms with Crippen molar-refractivity contribution in [3.05, 3.63) is 29.3 Å². The molecule has 0 radical (unpaired) electrons. The molecule has 1 amide bonds. The lowest BCUT2D eigenvalue weighted by atomic mass is 10.1. The molecule has 6 nitrogen and oxygen atoms in total. The van der Waals surface area contributed by atoms with Crippen molar-refractivity contribution in [1.82, 2.24) is 4.90 Å². The molecule has 0 fully saturated rings. The molecule has 6 heteroatoms. The fraction of sp³-hybridized carbons (Fsp3) is 0.357. The lowest BCUT2D eigenvalue weighted by Gasteiger charge is -2.25. The molecular weight excluding hydrogens is 258 g/mol. The Morgan fingerprint density at radius 3 is 2.45 bits per heavy atom. The number of amides is 1. The molecule has 0 aromatic heterocycles. The van der Waals surface area contributed by atoms with Crippen LogP contribution in [0, 0.1) is 11.3 Å². The van der Waals surface area contributed by atoms with Gasteiger partial charge in [-0.15, -0.1) is 0 Å². The van der Waals surface area contributed by atoms with Gasteiger partial charge in [0.15, 0.2) is 0 Å². The van der Waals surface area contributed by atoms with E-state index >= 15 is 0 Å². The largest absolute Gasteiger partial charge is 0.478 e. The fourth-order valence-electron chi connectivity index (χ4n) is 1.71. The second kappa shape index (κ2) is 6.57.